The quantitative estimate of drug-likeness (QED) is 0.530. The van der Waals surface area contributed by atoms with Crippen LogP contribution in [0.15, 0.2) is 48.5 Å². The van der Waals surface area contributed by atoms with Crippen molar-refractivity contribution in [2.24, 2.45) is 0 Å². The number of ether oxygens (including phenoxy) is 1. The Morgan fingerprint density at radius 3 is 2.32 bits per heavy atom. The Kier molecular flexibility index (Phi) is 9.86. The Labute approximate surface area is 190 Å². The van der Waals surface area contributed by atoms with Crippen molar-refractivity contribution in [2.45, 2.75) is 65.1 Å². The first-order valence-electron chi connectivity index (χ1n) is 10.9. The highest BCUT2D eigenvalue weighted by atomic mass is 35.5. The lowest BCUT2D eigenvalue weighted by Crippen LogP contribution is -2.50. The Bertz CT molecular complexity index is 854. The molecular weight excluding hydrogens is 412 g/mol. The van der Waals surface area contributed by atoms with E-state index in [1.54, 1.807) is 12.0 Å². The molecule has 0 aliphatic heterocycles. The summed E-state index contributed by atoms with van der Waals surface area (Å²) in [7, 11) is 1.62. The van der Waals surface area contributed by atoms with Gasteiger partial charge in [-0.1, -0.05) is 55.8 Å². The van der Waals surface area contributed by atoms with E-state index in [0.717, 1.165) is 23.3 Å². The summed E-state index contributed by atoms with van der Waals surface area (Å²) in [6.07, 6.45) is 2.19. The molecule has 0 spiro atoms. The number of nitrogens with one attached hydrogen (secondary N) is 1. The van der Waals surface area contributed by atoms with E-state index >= 15 is 0 Å². The molecular formula is C25H33ClN2O3. The van der Waals surface area contributed by atoms with Crippen LogP contribution in [0.4, 0.5) is 0 Å². The zero-order valence-corrected chi connectivity index (χ0v) is 19.6. The van der Waals surface area contributed by atoms with Crippen LogP contribution in [-0.2, 0) is 22.6 Å². The smallest absolute Gasteiger partial charge is 0.243 e. The van der Waals surface area contributed by atoms with Crippen LogP contribution >= 0.6 is 11.6 Å². The summed E-state index contributed by atoms with van der Waals surface area (Å²) >= 11 is 6.26. The number of rotatable bonds is 11. The lowest BCUT2D eigenvalue weighted by atomic mass is 10.1. The maximum absolute atomic E-state index is 13.3. The Balaban J connectivity index is 2.22. The molecule has 1 N–H and O–H groups in total. The van der Waals surface area contributed by atoms with E-state index in [1.807, 2.05) is 69.3 Å². The first-order chi connectivity index (χ1) is 14.9. The third-order valence-electron chi connectivity index (χ3n) is 5.46. The van der Waals surface area contributed by atoms with Crippen molar-refractivity contribution in [1.82, 2.24) is 10.2 Å². The van der Waals surface area contributed by atoms with Crippen LogP contribution in [0.3, 0.4) is 0 Å². The minimum absolute atomic E-state index is 0.0580. The largest absolute Gasteiger partial charge is 0.497 e. The molecule has 5 nitrogen and oxygen atoms in total. The second-order valence-electron chi connectivity index (χ2n) is 7.70. The number of halogens is 1. The second-order valence-corrected chi connectivity index (χ2v) is 8.11. The van der Waals surface area contributed by atoms with E-state index in [9.17, 15) is 9.59 Å². The third-order valence-corrected chi connectivity index (χ3v) is 5.83. The van der Waals surface area contributed by atoms with Gasteiger partial charge in [0.15, 0.2) is 0 Å². The lowest BCUT2D eigenvalue weighted by Gasteiger charge is -2.31. The highest BCUT2D eigenvalue weighted by Gasteiger charge is 2.29. The van der Waals surface area contributed by atoms with Gasteiger partial charge < -0.3 is 15.0 Å². The molecule has 0 bridgehead atoms. The van der Waals surface area contributed by atoms with Gasteiger partial charge in [0.1, 0.15) is 11.8 Å². The average molecular weight is 445 g/mol. The summed E-state index contributed by atoms with van der Waals surface area (Å²) in [5.41, 5.74) is 1.88. The molecule has 168 valence electrons. The summed E-state index contributed by atoms with van der Waals surface area (Å²) in [5, 5.41) is 3.68. The number of aryl methyl sites for hydroxylation is 1. The number of amides is 2. The zero-order valence-electron chi connectivity index (χ0n) is 18.9. The molecule has 2 aromatic carbocycles. The van der Waals surface area contributed by atoms with Crippen molar-refractivity contribution in [2.75, 3.05) is 7.11 Å². The van der Waals surface area contributed by atoms with Crippen LogP contribution in [-0.4, -0.2) is 35.9 Å². The van der Waals surface area contributed by atoms with Crippen LogP contribution in [0.25, 0.3) is 0 Å². The number of methoxy groups -OCH3 is 1. The normalized spacial score (nSPS) is 12.7. The fourth-order valence-electron chi connectivity index (χ4n) is 3.37. The van der Waals surface area contributed by atoms with Crippen LogP contribution in [0.2, 0.25) is 5.02 Å². The molecule has 2 unspecified atom stereocenters. The Morgan fingerprint density at radius 1 is 1.06 bits per heavy atom. The van der Waals surface area contributed by atoms with Crippen molar-refractivity contribution >= 4 is 23.4 Å². The molecule has 0 radical (unpaired) electrons. The van der Waals surface area contributed by atoms with Crippen LogP contribution < -0.4 is 10.1 Å². The van der Waals surface area contributed by atoms with Gasteiger partial charge in [-0.15, -0.1) is 0 Å². The van der Waals surface area contributed by atoms with Gasteiger partial charge in [-0.3, -0.25) is 9.59 Å². The molecule has 0 aromatic heterocycles. The van der Waals surface area contributed by atoms with Crippen LogP contribution in [0, 0.1) is 0 Å². The molecule has 0 saturated heterocycles. The predicted octanol–water partition coefficient (Wildman–Crippen LogP) is 5.00. The van der Waals surface area contributed by atoms with Crippen LogP contribution in [0.5, 0.6) is 5.75 Å². The topological polar surface area (TPSA) is 58.6 Å². The lowest BCUT2D eigenvalue weighted by molar-refractivity contribution is -0.141. The van der Waals surface area contributed by atoms with Crippen molar-refractivity contribution in [1.29, 1.82) is 0 Å². The van der Waals surface area contributed by atoms with E-state index in [2.05, 4.69) is 5.32 Å². The van der Waals surface area contributed by atoms with Gasteiger partial charge in [-0.05, 0) is 55.5 Å². The van der Waals surface area contributed by atoms with Gasteiger partial charge in [0.05, 0.1) is 7.11 Å². The molecule has 0 heterocycles. The molecule has 0 aliphatic rings. The summed E-state index contributed by atoms with van der Waals surface area (Å²) in [5.74, 6) is 0.570. The number of nitrogens with zero attached hydrogens (tertiary/aromatic N) is 1. The first kappa shape index (κ1) is 24.7. The SMILES string of the molecule is CCC(C)NC(=O)C(CC)N(Cc1ccc(OC)cc1)C(=O)CCc1ccccc1Cl. The van der Waals surface area contributed by atoms with Gasteiger partial charge >= 0.3 is 0 Å². The van der Waals surface area contributed by atoms with Crippen molar-refractivity contribution in [3.05, 3.63) is 64.7 Å². The van der Waals surface area contributed by atoms with Gasteiger partial charge in [0.2, 0.25) is 11.8 Å². The summed E-state index contributed by atoms with van der Waals surface area (Å²) < 4.78 is 5.23. The monoisotopic (exact) mass is 444 g/mol. The van der Waals surface area contributed by atoms with E-state index in [4.69, 9.17) is 16.3 Å². The molecule has 0 aliphatic carbocycles. The summed E-state index contributed by atoms with van der Waals surface area (Å²) in [4.78, 5) is 27.9. The van der Waals surface area contributed by atoms with E-state index < -0.39 is 6.04 Å². The molecule has 0 saturated carbocycles. The maximum Gasteiger partial charge on any atom is 0.243 e. The molecule has 6 heteroatoms. The molecule has 2 atom stereocenters. The number of carbonyl (C=O) groups excluding carboxylic acids is 2. The number of hydrogen-bond acceptors (Lipinski definition) is 3. The van der Waals surface area contributed by atoms with Gasteiger partial charge in [0.25, 0.3) is 0 Å². The van der Waals surface area contributed by atoms with Crippen molar-refractivity contribution < 1.29 is 14.3 Å². The molecule has 2 aromatic rings. The zero-order chi connectivity index (χ0) is 22.8. The fraction of sp³-hybridized carbons (Fsp3) is 0.440. The number of hydrogen-bond donors (Lipinski definition) is 1. The van der Waals surface area contributed by atoms with E-state index in [-0.39, 0.29) is 24.3 Å². The summed E-state index contributed by atoms with van der Waals surface area (Å²) in [6, 6.07) is 14.6. The second kappa shape index (κ2) is 12.4. The van der Waals surface area contributed by atoms with E-state index in [0.29, 0.717) is 24.4 Å². The summed E-state index contributed by atoms with van der Waals surface area (Å²) in [6.45, 7) is 6.29. The van der Waals surface area contributed by atoms with Gasteiger partial charge in [-0.2, -0.15) is 0 Å². The molecule has 2 amide bonds. The standard InChI is InChI=1S/C25H33ClN2O3/c1-5-18(3)27-25(30)23(6-2)28(17-19-11-14-21(31-4)15-12-19)24(29)16-13-20-9-7-8-10-22(20)26/h7-12,14-15,18,23H,5-6,13,16-17H2,1-4H3,(H,27,30). The van der Waals surface area contributed by atoms with Crippen molar-refractivity contribution in [3.8, 4) is 5.75 Å². The minimum Gasteiger partial charge on any atom is -0.497 e. The minimum atomic E-state index is -0.533. The molecule has 2 rings (SSSR count). The Hall–Kier alpha value is -2.53. The first-order valence-corrected chi connectivity index (χ1v) is 11.2. The third kappa shape index (κ3) is 7.28. The van der Waals surface area contributed by atoms with Crippen LogP contribution in [0.1, 0.15) is 51.2 Å². The van der Waals surface area contributed by atoms with Gasteiger partial charge in [-0.25, -0.2) is 0 Å². The molecule has 0 fully saturated rings. The predicted molar refractivity (Wildman–Crippen MR) is 125 cm³/mol. The number of carbonyl (C=O) groups is 2. The van der Waals surface area contributed by atoms with E-state index in [1.165, 1.54) is 0 Å². The number of benzene rings is 2. The molecule has 31 heavy (non-hydrogen) atoms. The highest BCUT2D eigenvalue weighted by Crippen LogP contribution is 2.20. The Morgan fingerprint density at radius 2 is 1.74 bits per heavy atom. The average Bonchev–Trinajstić information content (AvgIpc) is 2.78. The van der Waals surface area contributed by atoms with Crippen molar-refractivity contribution in [3.63, 3.8) is 0 Å². The maximum atomic E-state index is 13.3. The van der Waals surface area contributed by atoms with Gasteiger partial charge in [0, 0.05) is 24.0 Å². The highest BCUT2D eigenvalue weighted by molar-refractivity contribution is 6.31. The fourth-order valence-corrected chi connectivity index (χ4v) is 3.60.